The lowest BCUT2D eigenvalue weighted by Gasteiger charge is -2.10. The second kappa shape index (κ2) is 5.17. The van der Waals surface area contributed by atoms with Crippen LogP contribution in [0.5, 0.6) is 5.75 Å². The third-order valence-electron chi connectivity index (χ3n) is 3.75. The largest absolute Gasteiger partial charge is 0.492 e. The van der Waals surface area contributed by atoms with E-state index in [4.69, 9.17) is 4.74 Å². The summed E-state index contributed by atoms with van der Waals surface area (Å²) in [6, 6.07) is 1.00. The number of nitrogens with one attached hydrogen (secondary N) is 1. The molecule has 2 fully saturated rings. The average molecular weight is 295 g/mol. The van der Waals surface area contributed by atoms with Gasteiger partial charge in [-0.05, 0) is 31.0 Å². The first-order valence-electron chi connectivity index (χ1n) is 5.91. The van der Waals surface area contributed by atoms with Crippen LogP contribution >= 0.6 is 12.4 Å². The van der Waals surface area contributed by atoms with Gasteiger partial charge in [0.05, 0.1) is 18.4 Å². The fourth-order valence-corrected chi connectivity index (χ4v) is 2.64. The van der Waals surface area contributed by atoms with Crippen LogP contribution < -0.4 is 10.1 Å². The van der Waals surface area contributed by atoms with Crippen molar-refractivity contribution in [1.82, 2.24) is 10.3 Å². The molecule has 0 bridgehead atoms. The second-order valence-corrected chi connectivity index (χ2v) is 4.87. The first-order valence-corrected chi connectivity index (χ1v) is 5.91. The predicted octanol–water partition coefficient (Wildman–Crippen LogP) is 2.37. The van der Waals surface area contributed by atoms with Crippen molar-refractivity contribution in [2.45, 2.75) is 6.18 Å². The molecule has 0 aromatic carbocycles. The molecule has 1 aliphatic carbocycles. The number of pyridine rings is 1. The van der Waals surface area contributed by atoms with Crippen LogP contribution in [0.25, 0.3) is 0 Å². The number of hydrogen-bond acceptors (Lipinski definition) is 3. The zero-order chi connectivity index (χ0) is 12.8. The molecule has 1 saturated heterocycles. The van der Waals surface area contributed by atoms with E-state index in [1.807, 2.05) is 0 Å². The number of ether oxygens (including phenoxy) is 1. The number of rotatable bonds is 3. The van der Waals surface area contributed by atoms with E-state index in [9.17, 15) is 13.2 Å². The molecule has 106 valence electrons. The Kier molecular flexibility index (Phi) is 3.92. The topological polar surface area (TPSA) is 34.1 Å². The molecule has 2 atom stereocenters. The van der Waals surface area contributed by atoms with Crippen molar-refractivity contribution in [3.63, 3.8) is 0 Å². The normalized spacial score (nSPS) is 28.5. The molecule has 1 aromatic heterocycles. The average Bonchev–Trinajstić information content (AvgIpc) is 2.77. The van der Waals surface area contributed by atoms with Crippen LogP contribution in [0.2, 0.25) is 0 Å². The van der Waals surface area contributed by atoms with Crippen LogP contribution in [0.3, 0.4) is 0 Å². The van der Waals surface area contributed by atoms with Crippen molar-refractivity contribution in [3.05, 3.63) is 24.0 Å². The standard InChI is InChI=1S/C12H13F3N2O.ClH/c13-12(14,15)7-1-8(3-16-2-7)18-6-11-9-4-17-5-10(9)11;/h1-3,9-11,17H,4-6H2;1H. The summed E-state index contributed by atoms with van der Waals surface area (Å²) in [5, 5.41) is 3.26. The highest BCUT2D eigenvalue weighted by atomic mass is 35.5. The maximum absolute atomic E-state index is 12.5. The van der Waals surface area contributed by atoms with Gasteiger partial charge in [0.15, 0.2) is 0 Å². The van der Waals surface area contributed by atoms with E-state index in [-0.39, 0.29) is 18.2 Å². The van der Waals surface area contributed by atoms with Crippen LogP contribution in [-0.4, -0.2) is 24.7 Å². The van der Waals surface area contributed by atoms with Crippen LogP contribution in [0.1, 0.15) is 5.56 Å². The molecule has 1 saturated carbocycles. The summed E-state index contributed by atoms with van der Waals surface area (Å²) in [4.78, 5) is 3.56. The lowest BCUT2D eigenvalue weighted by atomic mass is 10.2. The lowest BCUT2D eigenvalue weighted by molar-refractivity contribution is -0.137. The summed E-state index contributed by atoms with van der Waals surface area (Å²) in [7, 11) is 0. The molecule has 19 heavy (non-hydrogen) atoms. The van der Waals surface area contributed by atoms with Gasteiger partial charge >= 0.3 is 6.18 Å². The van der Waals surface area contributed by atoms with Crippen molar-refractivity contribution < 1.29 is 17.9 Å². The number of hydrogen-bond donors (Lipinski definition) is 1. The zero-order valence-electron chi connectivity index (χ0n) is 9.98. The van der Waals surface area contributed by atoms with Gasteiger partial charge < -0.3 is 10.1 Å². The van der Waals surface area contributed by atoms with Gasteiger partial charge in [-0.25, -0.2) is 0 Å². The van der Waals surface area contributed by atoms with Crippen molar-refractivity contribution in [1.29, 1.82) is 0 Å². The van der Waals surface area contributed by atoms with Gasteiger partial charge in [0.25, 0.3) is 0 Å². The quantitative estimate of drug-likeness (QED) is 0.929. The van der Waals surface area contributed by atoms with Gasteiger partial charge in [0, 0.05) is 12.1 Å². The lowest BCUT2D eigenvalue weighted by Crippen LogP contribution is -2.17. The Bertz CT molecular complexity index is 445. The van der Waals surface area contributed by atoms with Crippen molar-refractivity contribution in [2.24, 2.45) is 17.8 Å². The fraction of sp³-hybridized carbons (Fsp3) is 0.583. The summed E-state index contributed by atoms with van der Waals surface area (Å²) in [5.74, 6) is 1.97. The molecule has 7 heteroatoms. The van der Waals surface area contributed by atoms with Crippen molar-refractivity contribution in [2.75, 3.05) is 19.7 Å². The maximum Gasteiger partial charge on any atom is 0.418 e. The van der Waals surface area contributed by atoms with Gasteiger partial charge in [0.2, 0.25) is 0 Å². The van der Waals surface area contributed by atoms with E-state index in [1.165, 1.54) is 6.20 Å². The molecule has 1 aromatic rings. The van der Waals surface area contributed by atoms with Gasteiger partial charge in [-0.1, -0.05) is 0 Å². The minimum atomic E-state index is -4.37. The minimum Gasteiger partial charge on any atom is -0.492 e. The summed E-state index contributed by atoms with van der Waals surface area (Å²) in [5.41, 5.74) is -0.766. The molecule has 0 radical (unpaired) electrons. The highest BCUT2D eigenvalue weighted by Crippen LogP contribution is 2.48. The fourth-order valence-electron chi connectivity index (χ4n) is 2.64. The van der Waals surface area contributed by atoms with Gasteiger partial charge in [-0.2, -0.15) is 13.2 Å². The molecule has 3 nitrogen and oxygen atoms in total. The summed E-state index contributed by atoms with van der Waals surface area (Å²) < 4.78 is 42.8. The van der Waals surface area contributed by atoms with Crippen molar-refractivity contribution in [3.8, 4) is 5.75 Å². The zero-order valence-corrected chi connectivity index (χ0v) is 10.8. The number of fused-ring (bicyclic) bond motifs is 1. The molecule has 1 N–H and O–H groups in total. The van der Waals surface area contributed by atoms with Crippen LogP contribution in [0.15, 0.2) is 18.5 Å². The molecule has 2 unspecified atom stereocenters. The molecule has 0 amide bonds. The first kappa shape index (κ1) is 14.4. The number of alkyl halides is 3. The number of nitrogens with zero attached hydrogens (tertiary/aromatic N) is 1. The Morgan fingerprint density at radius 1 is 1.26 bits per heavy atom. The van der Waals surface area contributed by atoms with Gasteiger partial charge in [-0.3, -0.25) is 4.98 Å². The highest BCUT2D eigenvalue weighted by Gasteiger charge is 2.53. The van der Waals surface area contributed by atoms with Crippen molar-refractivity contribution >= 4 is 12.4 Å². The third-order valence-corrected chi connectivity index (χ3v) is 3.75. The van der Waals surface area contributed by atoms with Gasteiger partial charge in [0.1, 0.15) is 5.75 Å². The molecule has 0 spiro atoms. The van der Waals surface area contributed by atoms with E-state index < -0.39 is 11.7 Å². The van der Waals surface area contributed by atoms with Gasteiger partial charge in [-0.15, -0.1) is 12.4 Å². The van der Waals surface area contributed by atoms with Crippen LogP contribution in [-0.2, 0) is 6.18 Å². The molecule has 1 aliphatic heterocycles. The predicted molar refractivity (Wildman–Crippen MR) is 65.3 cm³/mol. The molecular weight excluding hydrogens is 281 g/mol. The number of piperidine rings is 1. The Morgan fingerprint density at radius 2 is 1.95 bits per heavy atom. The van der Waals surface area contributed by atoms with E-state index >= 15 is 0 Å². The first-order chi connectivity index (χ1) is 8.55. The van der Waals surface area contributed by atoms with E-state index in [0.717, 1.165) is 25.4 Å². The van der Waals surface area contributed by atoms with Crippen LogP contribution in [0.4, 0.5) is 13.2 Å². The van der Waals surface area contributed by atoms with Crippen LogP contribution in [0, 0.1) is 17.8 Å². The molecule has 2 heterocycles. The molecule has 3 rings (SSSR count). The summed E-state index contributed by atoms with van der Waals surface area (Å²) >= 11 is 0. The summed E-state index contributed by atoms with van der Waals surface area (Å²) in [6.45, 7) is 2.49. The Hall–Kier alpha value is -1.01. The number of halogens is 4. The SMILES string of the molecule is Cl.FC(F)(F)c1cncc(OCC2C3CNCC32)c1. The molecular formula is C12H14ClF3N2O. The van der Waals surface area contributed by atoms with E-state index in [1.54, 1.807) is 0 Å². The second-order valence-electron chi connectivity index (χ2n) is 4.87. The Morgan fingerprint density at radius 3 is 2.58 bits per heavy atom. The third kappa shape index (κ3) is 2.95. The minimum absolute atomic E-state index is 0. The molecule has 2 aliphatic rings. The number of aromatic nitrogens is 1. The van der Waals surface area contributed by atoms with E-state index in [2.05, 4.69) is 10.3 Å². The van der Waals surface area contributed by atoms with E-state index in [0.29, 0.717) is 24.4 Å². The maximum atomic E-state index is 12.5. The Labute approximate surface area is 115 Å². The summed E-state index contributed by atoms with van der Waals surface area (Å²) in [6.07, 6.45) is -2.24. The smallest absolute Gasteiger partial charge is 0.418 e. The Balaban J connectivity index is 0.00000133. The monoisotopic (exact) mass is 294 g/mol. The highest BCUT2D eigenvalue weighted by molar-refractivity contribution is 5.85.